The molecule has 8 nitrogen and oxygen atoms in total. The highest BCUT2D eigenvalue weighted by Crippen LogP contribution is 2.29. The monoisotopic (exact) mass is 473 g/mol. The van der Waals surface area contributed by atoms with Crippen LogP contribution in [0, 0.1) is 0 Å². The fourth-order valence-corrected chi connectivity index (χ4v) is 6.80. The Morgan fingerprint density at radius 3 is 2.44 bits per heavy atom. The Morgan fingerprint density at radius 2 is 1.78 bits per heavy atom. The summed E-state index contributed by atoms with van der Waals surface area (Å²) in [5, 5.41) is 8.38. The number of morpholine rings is 1. The third kappa shape index (κ3) is 4.11. The van der Waals surface area contributed by atoms with Crippen molar-refractivity contribution in [1.29, 1.82) is 0 Å². The Hall–Kier alpha value is -1.27. The van der Waals surface area contributed by atoms with E-state index in [1.807, 2.05) is 6.07 Å². The lowest BCUT2D eigenvalue weighted by Gasteiger charge is -2.35. The Kier molecular flexibility index (Phi) is 5.65. The molecule has 0 aliphatic carbocycles. The Morgan fingerprint density at radius 1 is 1.04 bits per heavy atom. The van der Waals surface area contributed by atoms with Gasteiger partial charge in [-0.15, -0.1) is 16.4 Å². The summed E-state index contributed by atoms with van der Waals surface area (Å²) in [5.74, 6) is 0.842. The molecule has 0 N–H and O–H groups in total. The molecule has 2 aliphatic rings. The number of hydrogen-bond donors (Lipinski definition) is 0. The van der Waals surface area contributed by atoms with Gasteiger partial charge < -0.3 is 14.5 Å². The van der Waals surface area contributed by atoms with Crippen molar-refractivity contribution < 1.29 is 13.2 Å². The molecule has 2 aromatic rings. The SMILES string of the molecule is O=S(=O)(c1ccc(Br)s1)N1CCN(c2cnnc(N3CCOCC3)c2)CC1. The van der Waals surface area contributed by atoms with Crippen LogP contribution in [0.15, 0.2) is 32.4 Å². The van der Waals surface area contributed by atoms with Gasteiger partial charge in [0.15, 0.2) is 5.82 Å². The normalized spacial score (nSPS) is 19.4. The van der Waals surface area contributed by atoms with Gasteiger partial charge in [-0.05, 0) is 28.1 Å². The molecule has 4 heterocycles. The predicted octanol–water partition coefficient (Wildman–Crippen LogP) is 1.65. The first-order valence-corrected chi connectivity index (χ1v) is 11.7. The van der Waals surface area contributed by atoms with Crippen molar-refractivity contribution in [2.24, 2.45) is 0 Å². The number of ether oxygens (including phenoxy) is 1. The maximum absolute atomic E-state index is 12.8. The second-order valence-electron chi connectivity index (χ2n) is 6.32. The molecule has 2 saturated heterocycles. The smallest absolute Gasteiger partial charge is 0.252 e. The second-order valence-corrected chi connectivity index (χ2v) is 10.9. The molecule has 0 aromatic carbocycles. The highest BCUT2D eigenvalue weighted by molar-refractivity contribution is 9.11. The number of hydrogen-bond acceptors (Lipinski definition) is 8. The van der Waals surface area contributed by atoms with Crippen molar-refractivity contribution in [3.63, 3.8) is 0 Å². The van der Waals surface area contributed by atoms with E-state index in [9.17, 15) is 8.42 Å². The summed E-state index contributed by atoms with van der Waals surface area (Å²) in [4.78, 5) is 4.32. The first kappa shape index (κ1) is 19.1. The lowest BCUT2D eigenvalue weighted by Crippen LogP contribution is -2.48. The first-order chi connectivity index (χ1) is 13.0. The van der Waals surface area contributed by atoms with Crippen molar-refractivity contribution in [2.75, 3.05) is 62.3 Å². The number of aromatic nitrogens is 2. The molecule has 2 aliphatic heterocycles. The lowest BCUT2D eigenvalue weighted by atomic mass is 10.3. The van der Waals surface area contributed by atoms with Gasteiger partial charge in [0.05, 0.1) is 28.9 Å². The van der Waals surface area contributed by atoms with Crippen molar-refractivity contribution >= 4 is 48.8 Å². The van der Waals surface area contributed by atoms with E-state index in [1.54, 1.807) is 22.6 Å². The summed E-state index contributed by atoms with van der Waals surface area (Å²) in [6.45, 7) is 5.16. The number of anilines is 2. The van der Waals surface area contributed by atoms with Crippen LogP contribution in [0.4, 0.5) is 11.5 Å². The van der Waals surface area contributed by atoms with Crippen LogP contribution in [0.2, 0.25) is 0 Å². The highest BCUT2D eigenvalue weighted by atomic mass is 79.9. The zero-order valence-electron chi connectivity index (χ0n) is 14.6. The Labute approximate surface area is 170 Å². The van der Waals surface area contributed by atoms with Crippen LogP contribution in [-0.2, 0) is 14.8 Å². The third-order valence-electron chi connectivity index (χ3n) is 4.71. The highest BCUT2D eigenvalue weighted by Gasteiger charge is 2.30. The zero-order chi connectivity index (χ0) is 18.9. The van der Waals surface area contributed by atoms with Gasteiger partial charge in [-0.1, -0.05) is 0 Å². The van der Waals surface area contributed by atoms with Gasteiger partial charge in [0.1, 0.15) is 4.21 Å². The minimum atomic E-state index is -3.43. The van der Waals surface area contributed by atoms with E-state index in [0.29, 0.717) is 43.6 Å². The van der Waals surface area contributed by atoms with Crippen LogP contribution in [0.1, 0.15) is 0 Å². The molecule has 4 rings (SSSR count). The molecule has 0 atom stereocenters. The van der Waals surface area contributed by atoms with Gasteiger partial charge in [0.25, 0.3) is 10.0 Å². The minimum absolute atomic E-state index is 0.378. The molecule has 27 heavy (non-hydrogen) atoms. The standard InChI is InChI=1S/C16H20BrN5O3S2/c17-14-1-2-16(26-14)27(23,24)22-5-3-20(4-6-22)13-11-15(19-18-12-13)21-7-9-25-10-8-21/h1-2,11-12H,3-10H2. The van der Waals surface area contributed by atoms with Crippen LogP contribution in [0.5, 0.6) is 0 Å². The maximum atomic E-state index is 12.8. The summed E-state index contributed by atoms with van der Waals surface area (Å²) < 4.78 is 33.7. The van der Waals surface area contributed by atoms with E-state index >= 15 is 0 Å². The molecule has 0 radical (unpaired) electrons. The van der Waals surface area contributed by atoms with E-state index in [4.69, 9.17) is 4.74 Å². The van der Waals surface area contributed by atoms with Crippen LogP contribution >= 0.6 is 27.3 Å². The van der Waals surface area contributed by atoms with E-state index < -0.39 is 10.0 Å². The van der Waals surface area contributed by atoms with E-state index in [-0.39, 0.29) is 0 Å². The first-order valence-electron chi connectivity index (χ1n) is 8.70. The van der Waals surface area contributed by atoms with Gasteiger partial charge in [0, 0.05) is 45.3 Å². The van der Waals surface area contributed by atoms with Crippen LogP contribution in [-0.4, -0.2) is 75.4 Å². The molecule has 0 amide bonds. The van der Waals surface area contributed by atoms with Crippen molar-refractivity contribution in [3.8, 4) is 0 Å². The fourth-order valence-electron chi connectivity index (χ4n) is 3.22. The largest absolute Gasteiger partial charge is 0.378 e. The van der Waals surface area contributed by atoms with Gasteiger partial charge in [-0.3, -0.25) is 0 Å². The fraction of sp³-hybridized carbons (Fsp3) is 0.500. The van der Waals surface area contributed by atoms with Gasteiger partial charge in [-0.2, -0.15) is 9.40 Å². The molecular formula is C16H20BrN5O3S2. The molecule has 0 unspecified atom stereocenters. The molecule has 0 saturated carbocycles. The summed E-state index contributed by atoms with van der Waals surface area (Å²) >= 11 is 4.57. The van der Waals surface area contributed by atoms with Crippen LogP contribution in [0.3, 0.4) is 0 Å². The molecule has 2 aromatic heterocycles. The van der Waals surface area contributed by atoms with Crippen LogP contribution < -0.4 is 9.80 Å². The zero-order valence-corrected chi connectivity index (χ0v) is 17.8. The maximum Gasteiger partial charge on any atom is 0.252 e. The number of nitrogens with zero attached hydrogens (tertiary/aromatic N) is 5. The molecular weight excluding hydrogens is 454 g/mol. The third-order valence-corrected chi connectivity index (χ3v) is 8.70. The summed E-state index contributed by atoms with van der Waals surface area (Å²) in [6, 6.07) is 5.44. The number of piperazine rings is 1. The minimum Gasteiger partial charge on any atom is -0.378 e. The topological polar surface area (TPSA) is 78.9 Å². The van der Waals surface area contributed by atoms with Gasteiger partial charge >= 0.3 is 0 Å². The Balaban J connectivity index is 1.43. The number of halogens is 1. The van der Waals surface area contributed by atoms with Gasteiger partial charge in [-0.25, -0.2) is 8.42 Å². The van der Waals surface area contributed by atoms with Gasteiger partial charge in [0.2, 0.25) is 0 Å². The molecule has 0 bridgehead atoms. The summed E-state index contributed by atoms with van der Waals surface area (Å²) in [7, 11) is -3.43. The van der Waals surface area contributed by atoms with Crippen molar-refractivity contribution in [1.82, 2.24) is 14.5 Å². The molecule has 146 valence electrons. The number of sulfonamides is 1. The van der Waals surface area contributed by atoms with Crippen molar-refractivity contribution in [2.45, 2.75) is 4.21 Å². The van der Waals surface area contributed by atoms with Crippen LogP contribution in [0.25, 0.3) is 0 Å². The summed E-state index contributed by atoms with van der Waals surface area (Å²) in [5.41, 5.74) is 0.974. The lowest BCUT2D eigenvalue weighted by molar-refractivity contribution is 0.122. The van der Waals surface area contributed by atoms with E-state index in [1.165, 1.54) is 11.3 Å². The number of rotatable bonds is 4. The quantitative estimate of drug-likeness (QED) is 0.667. The predicted molar refractivity (Wildman–Crippen MR) is 108 cm³/mol. The molecule has 0 spiro atoms. The van der Waals surface area contributed by atoms with Crippen molar-refractivity contribution in [3.05, 3.63) is 28.2 Å². The summed E-state index contributed by atoms with van der Waals surface area (Å²) in [6.07, 6.45) is 1.74. The second kappa shape index (κ2) is 8.00. The van der Waals surface area contributed by atoms with E-state index in [2.05, 4.69) is 35.9 Å². The van der Waals surface area contributed by atoms with E-state index in [0.717, 1.165) is 28.4 Å². The Bertz CT molecular complexity index is 893. The average Bonchev–Trinajstić information content (AvgIpc) is 3.16. The molecule has 11 heteroatoms. The number of thiophene rings is 1. The average molecular weight is 474 g/mol. The molecule has 2 fully saturated rings.